The van der Waals surface area contributed by atoms with Crippen molar-refractivity contribution < 1.29 is 12.8 Å². The van der Waals surface area contributed by atoms with Gasteiger partial charge in [0.15, 0.2) is 0 Å². The van der Waals surface area contributed by atoms with Gasteiger partial charge in [0, 0.05) is 3.57 Å². The normalized spacial score (nSPS) is 11.2. The fraction of sp³-hybridized carbons (Fsp3) is 0. The second-order valence-electron chi connectivity index (χ2n) is 3.54. The number of hydrogen-bond acceptors (Lipinski definition) is 2. The quantitative estimate of drug-likeness (QED) is 0.835. The van der Waals surface area contributed by atoms with E-state index in [1.807, 2.05) is 22.6 Å². The number of nitrogens with one attached hydrogen (secondary N) is 1. The topological polar surface area (TPSA) is 46.2 Å². The molecular weight excluding hydrogens is 368 g/mol. The molecule has 2 aromatic carbocycles. The molecule has 0 fully saturated rings. The average molecular weight is 377 g/mol. The molecule has 0 aromatic heterocycles. The third-order valence-corrected chi connectivity index (χ3v) is 4.55. The molecule has 0 radical (unpaired) electrons. The van der Waals surface area contributed by atoms with Crippen molar-refractivity contribution in [1.29, 1.82) is 0 Å². The van der Waals surface area contributed by atoms with Crippen molar-refractivity contribution in [2.75, 3.05) is 4.72 Å². The molecule has 0 bridgehead atoms. The van der Waals surface area contributed by atoms with Crippen molar-refractivity contribution in [3.8, 4) is 0 Å². The lowest BCUT2D eigenvalue weighted by Crippen LogP contribution is -2.13. The van der Waals surface area contributed by atoms with Crippen molar-refractivity contribution in [2.24, 2.45) is 0 Å². The minimum absolute atomic E-state index is 0.144. The van der Waals surface area contributed by atoms with Crippen molar-refractivity contribution in [2.45, 2.75) is 4.90 Å². The summed E-state index contributed by atoms with van der Waals surface area (Å²) < 4.78 is 40.1. The second-order valence-corrected chi connectivity index (χ2v) is 6.39. The molecular formula is C12H9FINO2S. The summed E-state index contributed by atoms with van der Waals surface area (Å²) in [4.78, 5) is 0.144. The Bertz CT molecular complexity index is 659. The van der Waals surface area contributed by atoms with Crippen LogP contribution in [0.5, 0.6) is 0 Å². The van der Waals surface area contributed by atoms with Gasteiger partial charge in [-0.1, -0.05) is 18.2 Å². The number of sulfonamides is 1. The maximum absolute atomic E-state index is 13.1. The minimum Gasteiger partial charge on any atom is -0.278 e. The Morgan fingerprint density at radius 1 is 1.06 bits per heavy atom. The number of benzene rings is 2. The highest BCUT2D eigenvalue weighted by molar-refractivity contribution is 14.1. The molecule has 0 saturated heterocycles. The standard InChI is InChI=1S/C12H9FINO2S/c13-9-6-7-11(14)12(8-9)15-18(16,17)10-4-2-1-3-5-10/h1-8,15H. The Balaban J connectivity index is 2.37. The summed E-state index contributed by atoms with van der Waals surface area (Å²) in [6, 6.07) is 11.9. The van der Waals surface area contributed by atoms with Crippen molar-refractivity contribution in [3.05, 3.63) is 57.9 Å². The van der Waals surface area contributed by atoms with E-state index < -0.39 is 15.8 Å². The monoisotopic (exact) mass is 377 g/mol. The van der Waals surface area contributed by atoms with Crippen LogP contribution in [0, 0.1) is 9.39 Å². The fourth-order valence-electron chi connectivity index (χ4n) is 1.38. The molecule has 0 unspecified atom stereocenters. The van der Waals surface area contributed by atoms with E-state index in [1.54, 1.807) is 18.2 Å². The van der Waals surface area contributed by atoms with Crippen molar-refractivity contribution >= 4 is 38.3 Å². The zero-order valence-electron chi connectivity index (χ0n) is 9.10. The molecule has 0 atom stereocenters. The summed E-state index contributed by atoms with van der Waals surface area (Å²) in [7, 11) is -3.67. The lowest BCUT2D eigenvalue weighted by molar-refractivity contribution is 0.601. The first-order chi connectivity index (χ1) is 8.49. The van der Waals surface area contributed by atoms with Gasteiger partial charge in [-0.2, -0.15) is 0 Å². The summed E-state index contributed by atoms with van der Waals surface area (Å²) in [6.45, 7) is 0. The molecule has 2 aromatic rings. The molecule has 3 nitrogen and oxygen atoms in total. The van der Waals surface area contributed by atoms with Crippen molar-refractivity contribution in [3.63, 3.8) is 0 Å². The maximum Gasteiger partial charge on any atom is 0.261 e. The van der Waals surface area contributed by atoms with E-state index >= 15 is 0 Å². The van der Waals surface area contributed by atoms with E-state index in [4.69, 9.17) is 0 Å². The number of anilines is 1. The van der Waals surface area contributed by atoms with Crippen LogP contribution in [0.3, 0.4) is 0 Å². The van der Waals surface area contributed by atoms with Crippen LogP contribution < -0.4 is 4.72 Å². The first-order valence-electron chi connectivity index (χ1n) is 5.02. The summed E-state index contributed by atoms with van der Waals surface area (Å²) in [5.41, 5.74) is 0.236. The fourth-order valence-corrected chi connectivity index (χ4v) is 3.12. The molecule has 0 amide bonds. The molecule has 0 heterocycles. The molecule has 0 spiro atoms. The van der Waals surface area contributed by atoms with E-state index in [0.29, 0.717) is 3.57 Å². The molecule has 2 rings (SSSR count). The van der Waals surface area contributed by atoms with Crippen LogP contribution in [0.15, 0.2) is 53.4 Å². The first-order valence-corrected chi connectivity index (χ1v) is 7.58. The highest BCUT2D eigenvalue weighted by atomic mass is 127. The van der Waals surface area contributed by atoms with Gasteiger partial charge in [0.2, 0.25) is 0 Å². The maximum atomic E-state index is 13.1. The van der Waals surface area contributed by atoms with Gasteiger partial charge in [-0.15, -0.1) is 0 Å². The Morgan fingerprint density at radius 3 is 2.39 bits per heavy atom. The van der Waals surface area contributed by atoms with E-state index in [2.05, 4.69) is 4.72 Å². The number of hydrogen-bond donors (Lipinski definition) is 1. The summed E-state index contributed by atoms with van der Waals surface area (Å²) in [6.07, 6.45) is 0. The zero-order valence-corrected chi connectivity index (χ0v) is 12.1. The predicted molar refractivity (Wildman–Crippen MR) is 76.4 cm³/mol. The molecule has 94 valence electrons. The molecule has 0 saturated carbocycles. The van der Waals surface area contributed by atoms with Crippen LogP contribution >= 0.6 is 22.6 Å². The van der Waals surface area contributed by atoms with Crippen LogP contribution in [0.2, 0.25) is 0 Å². The molecule has 0 aliphatic rings. The Morgan fingerprint density at radius 2 is 1.72 bits per heavy atom. The highest BCUT2D eigenvalue weighted by Crippen LogP contribution is 2.22. The molecule has 18 heavy (non-hydrogen) atoms. The van der Waals surface area contributed by atoms with Crippen LogP contribution in [0.1, 0.15) is 0 Å². The summed E-state index contributed by atoms with van der Waals surface area (Å²) in [5.74, 6) is -0.485. The molecule has 0 aliphatic heterocycles. The van der Waals surface area contributed by atoms with Gasteiger partial charge in [-0.25, -0.2) is 12.8 Å². The second kappa shape index (κ2) is 5.23. The van der Waals surface area contributed by atoms with E-state index in [0.717, 1.165) is 6.07 Å². The van der Waals surface area contributed by atoms with E-state index in [-0.39, 0.29) is 10.6 Å². The lowest BCUT2D eigenvalue weighted by atomic mass is 10.3. The molecule has 1 N–H and O–H groups in total. The third-order valence-electron chi connectivity index (χ3n) is 2.23. The van der Waals surface area contributed by atoms with Gasteiger partial charge in [0.05, 0.1) is 10.6 Å². The Kier molecular flexibility index (Phi) is 3.86. The average Bonchev–Trinajstić information content (AvgIpc) is 2.35. The van der Waals surface area contributed by atoms with Gasteiger partial charge in [-0.3, -0.25) is 4.72 Å². The van der Waals surface area contributed by atoms with Crippen LogP contribution in [0.25, 0.3) is 0 Å². The van der Waals surface area contributed by atoms with Crippen LogP contribution in [-0.4, -0.2) is 8.42 Å². The highest BCUT2D eigenvalue weighted by Gasteiger charge is 2.15. The predicted octanol–water partition coefficient (Wildman–Crippen LogP) is 3.23. The third kappa shape index (κ3) is 2.99. The summed E-state index contributed by atoms with van der Waals surface area (Å²) >= 11 is 1.94. The molecule has 0 aliphatic carbocycles. The largest absolute Gasteiger partial charge is 0.278 e. The zero-order chi connectivity index (χ0) is 13.2. The first kappa shape index (κ1) is 13.3. The van der Waals surface area contributed by atoms with Crippen molar-refractivity contribution in [1.82, 2.24) is 0 Å². The van der Waals surface area contributed by atoms with E-state index in [9.17, 15) is 12.8 Å². The van der Waals surface area contributed by atoms with Gasteiger partial charge in [-0.05, 0) is 52.9 Å². The van der Waals surface area contributed by atoms with Gasteiger partial charge in [0.1, 0.15) is 5.82 Å². The van der Waals surface area contributed by atoms with Gasteiger partial charge < -0.3 is 0 Å². The summed E-state index contributed by atoms with van der Waals surface area (Å²) in [5, 5.41) is 0. The van der Waals surface area contributed by atoms with Gasteiger partial charge >= 0.3 is 0 Å². The number of rotatable bonds is 3. The SMILES string of the molecule is O=S(=O)(Nc1cc(F)ccc1I)c1ccccc1. The lowest BCUT2D eigenvalue weighted by Gasteiger charge is -2.09. The Labute approximate surface area is 118 Å². The molecule has 6 heteroatoms. The van der Waals surface area contributed by atoms with Gasteiger partial charge in [0.25, 0.3) is 10.0 Å². The van der Waals surface area contributed by atoms with Crippen LogP contribution in [0.4, 0.5) is 10.1 Å². The smallest absolute Gasteiger partial charge is 0.261 e. The Hall–Kier alpha value is -1.15. The van der Waals surface area contributed by atoms with E-state index in [1.165, 1.54) is 24.3 Å². The number of halogens is 2. The minimum atomic E-state index is -3.67. The van der Waals surface area contributed by atoms with Crippen LogP contribution in [-0.2, 0) is 10.0 Å².